The number of amides is 1. The molecule has 0 aliphatic rings. The minimum absolute atomic E-state index is 0.0564. The molecule has 2 aromatic carbocycles. The number of ether oxygens (including phenoxy) is 2. The maximum atomic E-state index is 14.2. The number of anilines is 1. The average Bonchev–Trinajstić information content (AvgIpc) is 3.24. The van der Waals surface area contributed by atoms with Gasteiger partial charge in [0.05, 0.1) is 18.9 Å². The van der Waals surface area contributed by atoms with Crippen molar-refractivity contribution in [2.75, 3.05) is 45.3 Å². The summed E-state index contributed by atoms with van der Waals surface area (Å²) < 4.78 is 38.8. The van der Waals surface area contributed by atoms with Crippen molar-refractivity contribution < 1.29 is 23.0 Å². The number of nitrogens with zero attached hydrogens (tertiary/aromatic N) is 3. The summed E-state index contributed by atoms with van der Waals surface area (Å²) >= 11 is 1.09. The third-order valence-electron chi connectivity index (χ3n) is 5.26. The number of hydrogen-bond acceptors (Lipinski definition) is 6. The van der Waals surface area contributed by atoms with E-state index < -0.39 is 11.6 Å². The third kappa shape index (κ3) is 5.85. The number of hydrogen-bond donors (Lipinski definition) is 0. The fraction of sp³-hybridized carbons (Fsp3) is 0.333. The van der Waals surface area contributed by atoms with E-state index in [0.717, 1.165) is 36.1 Å². The van der Waals surface area contributed by atoms with Crippen molar-refractivity contribution in [2.45, 2.75) is 13.8 Å². The van der Waals surface area contributed by atoms with Gasteiger partial charge in [-0.05, 0) is 42.9 Å². The summed E-state index contributed by atoms with van der Waals surface area (Å²) in [6.45, 7) is 6.74. The molecule has 9 heteroatoms. The fourth-order valence-corrected chi connectivity index (χ4v) is 4.39. The molecule has 1 aromatic heterocycles. The molecular weight excluding hydrogens is 448 g/mol. The second-order valence-corrected chi connectivity index (χ2v) is 8.20. The number of carbonyl (C=O) groups excluding carboxylic acids is 1. The summed E-state index contributed by atoms with van der Waals surface area (Å²) in [6.07, 6.45) is 3.11. The Bertz CT molecular complexity index is 1150. The summed E-state index contributed by atoms with van der Waals surface area (Å²) in [6, 6.07) is 7.35. The van der Waals surface area contributed by atoms with Gasteiger partial charge in [0.25, 0.3) is 5.91 Å². The van der Waals surface area contributed by atoms with Crippen molar-refractivity contribution in [1.82, 2.24) is 9.88 Å². The van der Waals surface area contributed by atoms with Crippen molar-refractivity contribution in [3.8, 4) is 11.5 Å². The normalized spacial score (nSPS) is 11.5. The van der Waals surface area contributed by atoms with Crippen molar-refractivity contribution in [1.29, 1.82) is 0 Å². The minimum atomic E-state index is -0.746. The second-order valence-electron chi connectivity index (χ2n) is 7.20. The van der Waals surface area contributed by atoms with E-state index in [1.54, 1.807) is 38.5 Å². The van der Waals surface area contributed by atoms with Crippen LogP contribution in [0.4, 0.5) is 13.9 Å². The molecule has 1 heterocycles. The molecule has 0 radical (unpaired) electrons. The van der Waals surface area contributed by atoms with Gasteiger partial charge in [-0.2, -0.15) is 0 Å². The summed E-state index contributed by atoms with van der Waals surface area (Å²) in [4.78, 5) is 21.1. The van der Waals surface area contributed by atoms with Gasteiger partial charge in [0, 0.05) is 25.2 Å². The van der Waals surface area contributed by atoms with Crippen molar-refractivity contribution in [2.24, 2.45) is 0 Å². The number of carbonyl (C=O) groups is 1. The molecule has 0 N–H and O–H groups in total. The summed E-state index contributed by atoms with van der Waals surface area (Å²) in [7, 11) is 3.10. The van der Waals surface area contributed by atoms with E-state index in [-0.39, 0.29) is 11.4 Å². The highest BCUT2D eigenvalue weighted by atomic mass is 32.1. The molecule has 0 atom stereocenters. The van der Waals surface area contributed by atoms with Gasteiger partial charge < -0.3 is 14.4 Å². The van der Waals surface area contributed by atoms with E-state index in [1.807, 2.05) is 13.8 Å². The van der Waals surface area contributed by atoms with E-state index in [0.29, 0.717) is 34.4 Å². The number of fused-ring (bicyclic) bond motifs is 1. The Kier molecular flexibility index (Phi) is 8.35. The van der Waals surface area contributed by atoms with Crippen molar-refractivity contribution >= 4 is 38.7 Å². The first-order chi connectivity index (χ1) is 15.9. The summed E-state index contributed by atoms with van der Waals surface area (Å²) in [5.74, 6) is -0.592. The van der Waals surface area contributed by atoms with Gasteiger partial charge in [-0.3, -0.25) is 9.69 Å². The van der Waals surface area contributed by atoms with Gasteiger partial charge in [-0.25, -0.2) is 13.8 Å². The first-order valence-electron chi connectivity index (χ1n) is 10.6. The van der Waals surface area contributed by atoms with Crippen LogP contribution in [0, 0.1) is 11.6 Å². The molecule has 0 unspecified atom stereocenters. The Balaban J connectivity index is 1.91. The Morgan fingerprint density at radius 3 is 2.45 bits per heavy atom. The lowest BCUT2D eigenvalue weighted by Crippen LogP contribution is -2.38. The second kappa shape index (κ2) is 11.2. The van der Waals surface area contributed by atoms with E-state index >= 15 is 0 Å². The highest BCUT2D eigenvalue weighted by Gasteiger charge is 2.20. The monoisotopic (exact) mass is 475 g/mol. The van der Waals surface area contributed by atoms with Crippen LogP contribution in [-0.4, -0.2) is 56.2 Å². The molecule has 0 aliphatic heterocycles. The molecule has 0 saturated carbocycles. The molecule has 0 aliphatic carbocycles. The number of benzene rings is 2. The van der Waals surface area contributed by atoms with E-state index in [4.69, 9.17) is 9.47 Å². The summed E-state index contributed by atoms with van der Waals surface area (Å²) in [5, 5.41) is 0.323. The van der Waals surface area contributed by atoms with E-state index in [9.17, 15) is 13.6 Å². The molecule has 176 valence electrons. The molecule has 33 heavy (non-hydrogen) atoms. The molecule has 0 saturated heterocycles. The predicted molar refractivity (Wildman–Crippen MR) is 128 cm³/mol. The maximum absolute atomic E-state index is 14.2. The number of halogens is 2. The van der Waals surface area contributed by atoms with Crippen LogP contribution in [-0.2, 0) is 4.79 Å². The van der Waals surface area contributed by atoms with Crippen LogP contribution in [0.1, 0.15) is 19.4 Å². The van der Waals surface area contributed by atoms with Crippen LogP contribution in [0.2, 0.25) is 0 Å². The largest absolute Gasteiger partial charge is 0.493 e. The zero-order chi connectivity index (χ0) is 24.0. The SMILES string of the molecule is CCN(CC)CCN(C(=O)C=Cc1ccc(OC)c(OC)c1)c1nc2c(F)cc(F)cc2s1. The summed E-state index contributed by atoms with van der Waals surface area (Å²) in [5.41, 5.74) is 0.808. The Morgan fingerprint density at radius 1 is 1.06 bits per heavy atom. The quantitative estimate of drug-likeness (QED) is 0.387. The number of rotatable bonds is 10. The number of thiazole rings is 1. The zero-order valence-corrected chi connectivity index (χ0v) is 19.9. The van der Waals surface area contributed by atoms with Gasteiger partial charge >= 0.3 is 0 Å². The average molecular weight is 476 g/mol. The van der Waals surface area contributed by atoms with Gasteiger partial charge in [-0.15, -0.1) is 0 Å². The smallest absolute Gasteiger partial charge is 0.252 e. The van der Waals surface area contributed by atoms with Crippen LogP contribution in [0.15, 0.2) is 36.4 Å². The van der Waals surface area contributed by atoms with Crippen LogP contribution >= 0.6 is 11.3 Å². The lowest BCUT2D eigenvalue weighted by molar-refractivity contribution is -0.114. The highest BCUT2D eigenvalue weighted by molar-refractivity contribution is 7.22. The third-order valence-corrected chi connectivity index (χ3v) is 6.28. The standard InChI is InChI=1S/C24H27F2N3O3S/c1-5-28(6-2)11-12-29(24-27-23-18(26)14-17(25)15-21(23)33-24)22(30)10-8-16-7-9-19(31-3)20(13-16)32-4/h7-10,13-15H,5-6,11-12H2,1-4H3. The van der Waals surface area contributed by atoms with Crippen LogP contribution < -0.4 is 14.4 Å². The van der Waals surface area contributed by atoms with Crippen LogP contribution in [0.5, 0.6) is 11.5 Å². The van der Waals surface area contributed by atoms with Crippen LogP contribution in [0.25, 0.3) is 16.3 Å². The predicted octanol–water partition coefficient (Wildman–Crippen LogP) is 4.98. The number of aromatic nitrogens is 1. The van der Waals surface area contributed by atoms with Crippen molar-refractivity contribution in [3.63, 3.8) is 0 Å². The molecule has 0 fully saturated rings. The molecule has 6 nitrogen and oxygen atoms in total. The van der Waals surface area contributed by atoms with E-state index in [1.165, 1.54) is 17.0 Å². The minimum Gasteiger partial charge on any atom is -0.493 e. The van der Waals surface area contributed by atoms with Gasteiger partial charge in [0.2, 0.25) is 0 Å². The zero-order valence-electron chi connectivity index (χ0n) is 19.1. The lowest BCUT2D eigenvalue weighted by Gasteiger charge is -2.23. The maximum Gasteiger partial charge on any atom is 0.252 e. The van der Waals surface area contributed by atoms with E-state index in [2.05, 4.69) is 9.88 Å². The molecule has 0 bridgehead atoms. The van der Waals surface area contributed by atoms with Crippen molar-refractivity contribution in [3.05, 3.63) is 53.6 Å². The number of likely N-dealkylation sites (N-methyl/N-ethyl adjacent to an activating group) is 1. The molecule has 3 rings (SSSR count). The molecule has 3 aromatic rings. The molecule has 0 spiro atoms. The lowest BCUT2D eigenvalue weighted by atomic mass is 10.2. The highest BCUT2D eigenvalue weighted by Crippen LogP contribution is 2.32. The number of methoxy groups -OCH3 is 2. The molecule has 1 amide bonds. The Morgan fingerprint density at radius 2 is 1.79 bits per heavy atom. The van der Waals surface area contributed by atoms with Crippen LogP contribution in [0.3, 0.4) is 0 Å². The fourth-order valence-electron chi connectivity index (χ4n) is 3.36. The van der Waals surface area contributed by atoms with Gasteiger partial charge in [-0.1, -0.05) is 31.3 Å². The van der Waals surface area contributed by atoms with Gasteiger partial charge in [0.1, 0.15) is 11.3 Å². The molecular formula is C24H27F2N3O3S. The first-order valence-corrected chi connectivity index (χ1v) is 11.4. The Hall–Kier alpha value is -3.04. The topological polar surface area (TPSA) is 54.9 Å². The van der Waals surface area contributed by atoms with Gasteiger partial charge in [0.15, 0.2) is 22.4 Å². The Labute approximate surface area is 196 Å². The first kappa shape index (κ1) is 24.6.